The lowest BCUT2D eigenvalue weighted by Crippen LogP contribution is -2.16. The van der Waals surface area contributed by atoms with E-state index >= 15 is 0 Å². The number of nitrogens with two attached hydrogens (primary N) is 1. The maximum atomic E-state index is 7.41. The second kappa shape index (κ2) is 2.31. The fourth-order valence-electron chi connectivity index (χ4n) is 1.25. The van der Waals surface area contributed by atoms with Crippen LogP contribution in [0.15, 0.2) is 30.5 Å². The maximum Gasteiger partial charge on any atom is 0.160 e. The number of nitrogens with one attached hydrogen (secondary N) is 1. The summed E-state index contributed by atoms with van der Waals surface area (Å²) < 4.78 is 7.41. The highest BCUT2D eigenvalue weighted by molar-refractivity contribution is 5.66. The van der Waals surface area contributed by atoms with Crippen molar-refractivity contribution in [3.05, 3.63) is 41.6 Å². The Kier molecular flexibility index (Phi) is 1.10. The lowest BCUT2D eigenvalue weighted by Gasteiger charge is -2.15. The number of hydrogen-bond donors (Lipinski definition) is 2. The smallest absolute Gasteiger partial charge is 0.160 e. The van der Waals surface area contributed by atoms with Crippen LogP contribution in [0.1, 0.15) is 11.1 Å². The second-order valence-electron chi connectivity index (χ2n) is 2.58. The molecule has 0 aliphatic carbocycles. The summed E-state index contributed by atoms with van der Waals surface area (Å²) in [5.41, 5.74) is 8.58. The van der Waals surface area contributed by atoms with Crippen LogP contribution in [0.3, 0.4) is 0 Å². The maximum absolute atomic E-state index is 7.41. The largest absolute Gasteiger partial charge is 0.397 e. The van der Waals surface area contributed by atoms with Gasteiger partial charge in [-0.05, 0) is 5.56 Å². The highest BCUT2D eigenvalue weighted by atomic mass is 14.9. The molecular weight excluding hydrogens is 136 g/mol. The van der Waals surface area contributed by atoms with Crippen LogP contribution in [0.25, 0.3) is 5.70 Å². The third-order valence-corrected chi connectivity index (χ3v) is 1.82. The van der Waals surface area contributed by atoms with Gasteiger partial charge < -0.3 is 11.0 Å². The normalized spacial score (nSPS) is 16.9. The molecular formula is C9H10N2. The molecule has 0 fully saturated rings. The van der Waals surface area contributed by atoms with Crippen molar-refractivity contribution >= 4 is 5.70 Å². The number of hydrogen-bond acceptors (Lipinski definition) is 2. The van der Waals surface area contributed by atoms with Crippen molar-refractivity contribution in [3.63, 3.8) is 0 Å². The van der Waals surface area contributed by atoms with E-state index < -0.39 is 0 Å². The standard InChI is InChI=1S/C9H10N2/c10-9-6-11-5-7-3-1-2-4-8(7)9/h1-4,6,11H,5,10H2/i/hD. The van der Waals surface area contributed by atoms with Gasteiger partial charge in [-0.25, -0.2) is 0 Å². The molecule has 2 rings (SSSR count). The average Bonchev–Trinajstić information content (AvgIpc) is 2.04. The molecule has 11 heavy (non-hydrogen) atoms. The second-order valence-corrected chi connectivity index (χ2v) is 2.58. The minimum atomic E-state index is 0.622. The molecule has 56 valence electrons. The zero-order chi connectivity index (χ0) is 8.55. The van der Waals surface area contributed by atoms with Crippen LogP contribution in [-0.2, 0) is 6.54 Å². The Morgan fingerprint density at radius 2 is 2.27 bits per heavy atom. The first kappa shape index (κ1) is 5.24. The lowest BCUT2D eigenvalue weighted by atomic mass is 10.0. The summed E-state index contributed by atoms with van der Waals surface area (Å²) in [5, 5.41) is 1.34. The fourth-order valence-corrected chi connectivity index (χ4v) is 1.25. The monoisotopic (exact) mass is 147 g/mol. The molecule has 2 nitrogen and oxygen atoms in total. The average molecular weight is 147 g/mol. The Morgan fingerprint density at radius 3 is 3.18 bits per heavy atom. The molecule has 1 aromatic rings. The predicted octanol–water partition coefficient (Wildman–Crippen LogP) is 1.05. The van der Waals surface area contributed by atoms with E-state index in [4.69, 9.17) is 7.15 Å². The summed E-state index contributed by atoms with van der Waals surface area (Å²) in [6, 6.07) is 7.90. The molecule has 0 amide bonds. The minimum absolute atomic E-state index is 0.622. The van der Waals surface area contributed by atoms with Crippen molar-refractivity contribution in [1.29, 1.82) is 0 Å². The van der Waals surface area contributed by atoms with Gasteiger partial charge >= 0.3 is 0 Å². The quantitative estimate of drug-likeness (QED) is 0.575. The van der Waals surface area contributed by atoms with Crippen LogP contribution >= 0.6 is 0 Å². The lowest BCUT2D eigenvalue weighted by molar-refractivity contribution is 0.850. The molecule has 1 heterocycles. The Bertz CT molecular complexity index is 333. The summed E-state index contributed by atoms with van der Waals surface area (Å²) in [6.45, 7) is 0.622. The van der Waals surface area contributed by atoms with E-state index in [1.54, 1.807) is 6.20 Å². The molecule has 3 N–H and O–H groups in total. The van der Waals surface area contributed by atoms with Crippen LogP contribution in [0, 0.1) is 0 Å². The van der Waals surface area contributed by atoms with Gasteiger partial charge in [0.25, 0.3) is 0 Å². The Balaban J connectivity index is 2.53. The van der Waals surface area contributed by atoms with E-state index in [-0.39, 0.29) is 0 Å². The van der Waals surface area contributed by atoms with E-state index in [0.29, 0.717) is 12.2 Å². The molecule has 2 heteroatoms. The summed E-state index contributed by atoms with van der Waals surface area (Å²) in [5.74, 6) is 0. The van der Waals surface area contributed by atoms with Crippen molar-refractivity contribution in [1.82, 2.24) is 5.31 Å². The van der Waals surface area contributed by atoms with Crippen molar-refractivity contribution in [2.45, 2.75) is 6.54 Å². The van der Waals surface area contributed by atoms with Crippen LogP contribution in [0.5, 0.6) is 0 Å². The highest BCUT2D eigenvalue weighted by Gasteiger charge is 2.06. The van der Waals surface area contributed by atoms with Gasteiger partial charge in [0.05, 0.1) is 5.70 Å². The van der Waals surface area contributed by atoms with Crippen molar-refractivity contribution < 1.29 is 1.41 Å². The first-order valence-electron chi connectivity index (χ1n) is 4.03. The van der Waals surface area contributed by atoms with Gasteiger partial charge in [-0.15, -0.1) is 0 Å². The first-order valence-corrected chi connectivity index (χ1v) is 3.58. The molecule has 1 aliphatic heterocycles. The summed E-state index contributed by atoms with van der Waals surface area (Å²) in [4.78, 5) is 0. The van der Waals surface area contributed by atoms with E-state index in [1.165, 1.54) is 5.31 Å². The van der Waals surface area contributed by atoms with Crippen molar-refractivity contribution in [2.75, 3.05) is 0 Å². The van der Waals surface area contributed by atoms with E-state index in [0.717, 1.165) is 11.1 Å². The SMILES string of the molecule is [2H]N1C=C(N)c2ccccc2C1. The Morgan fingerprint density at radius 1 is 1.45 bits per heavy atom. The van der Waals surface area contributed by atoms with E-state index in [2.05, 4.69) is 0 Å². The highest BCUT2D eigenvalue weighted by Crippen LogP contribution is 2.17. The van der Waals surface area contributed by atoms with Gasteiger partial charge in [0, 0.05) is 18.3 Å². The van der Waals surface area contributed by atoms with Crippen molar-refractivity contribution in [2.24, 2.45) is 5.73 Å². The zero-order valence-corrected chi connectivity index (χ0v) is 6.12. The van der Waals surface area contributed by atoms with Crippen LogP contribution < -0.4 is 11.0 Å². The van der Waals surface area contributed by atoms with Crippen LogP contribution in [0.2, 0.25) is 1.41 Å². The number of benzene rings is 1. The van der Waals surface area contributed by atoms with Gasteiger partial charge in [-0.3, -0.25) is 0 Å². The predicted molar refractivity (Wildman–Crippen MR) is 45.4 cm³/mol. The van der Waals surface area contributed by atoms with Crippen LogP contribution in [-0.4, -0.2) is 0 Å². The molecule has 0 spiro atoms. The summed E-state index contributed by atoms with van der Waals surface area (Å²) >= 11 is 0. The molecule has 0 bridgehead atoms. The van der Waals surface area contributed by atoms with Gasteiger partial charge in [0.2, 0.25) is 0 Å². The number of fused-ring (bicyclic) bond motifs is 1. The topological polar surface area (TPSA) is 38.0 Å². The molecule has 0 unspecified atom stereocenters. The third-order valence-electron chi connectivity index (χ3n) is 1.82. The van der Waals surface area contributed by atoms with E-state index in [1.807, 2.05) is 24.3 Å². The molecule has 1 aliphatic rings. The molecule has 0 atom stereocenters. The van der Waals surface area contributed by atoms with E-state index in [9.17, 15) is 0 Å². The zero-order valence-electron chi connectivity index (χ0n) is 7.12. The fraction of sp³-hybridized carbons (Fsp3) is 0.111. The van der Waals surface area contributed by atoms with Crippen LogP contribution in [0.4, 0.5) is 0 Å². The Hall–Kier alpha value is -1.44. The molecule has 1 aromatic carbocycles. The number of rotatable bonds is 0. The van der Waals surface area contributed by atoms with Gasteiger partial charge in [-0.2, -0.15) is 0 Å². The van der Waals surface area contributed by atoms with Gasteiger partial charge in [-0.1, -0.05) is 24.3 Å². The molecule has 0 saturated carbocycles. The molecule has 0 radical (unpaired) electrons. The molecule has 0 aromatic heterocycles. The Labute approximate surface area is 67.2 Å². The summed E-state index contributed by atoms with van der Waals surface area (Å²) in [7, 11) is 0. The molecule has 0 saturated heterocycles. The van der Waals surface area contributed by atoms with Gasteiger partial charge in [0.1, 0.15) is 0 Å². The van der Waals surface area contributed by atoms with Crippen molar-refractivity contribution in [3.8, 4) is 0 Å². The van der Waals surface area contributed by atoms with Gasteiger partial charge in [0.15, 0.2) is 1.41 Å². The minimum Gasteiger partial charge on any atom is -0.397 e. The summed E-state index contributed by atoms with van der Waals surface area (Å²) in [6.07, 6.45) is 1.64. The third kappa shape index (κ3) is 0.963. The first-order chi connectivity index (χ1) is 5.77.